The molecule has 1 amide bonds. The first kappa shape index (κ1) is 27.8. The topological polar surface area (TPSA) is 91.0 Å². The van der Waals surface area contributed by atoms with Crippen LogP contribution < -0.4 is 20.3 Å². The number of sulfonamides is 1. The van der Waals surface area contributed by atoms with Crippen LogP contribution in [0, 0.1) is 6.92 Å². The van der Waals surface area contributed by atoms with Crippen LogP contribution in [-0.2, 0) is 10.0 Å². The van der Waals surface area contributed by atoms with Gasteiger partial charge in [0.15, 0.2) is 5.11 Å². The predicted octanol–water partition coefficient (Wildman–Crippen LogP) is 4.68. The SMILES string of the molecule is CCOc1ccc(C(=O)NC(=S)Nc2cccc(Cl)c2N2CCN(S(=O)(=O)c3ccc(C)cc3)CC2)cc1. The molecule has 11 heteroatoms. The number of para-hydroxylation sites is 1. The number of hydrogen-bond acceptors (Lipinski definition) is 6. The van der Waals surface area contributed by atoms with Crippen molar-refractivity contribution in [3.8, 4) is 5.75 Å². The number of thiocarbonyl (C=S) groups is 1. The number of carbonyl (C=O) groups is 1. The van der Waals surface area contributed by atoms with E-state index in [1.807, 2.05) is 24.8 Å². The zero-order valence-corrected chi connectivity index (χ0v) is 23.5. The molecule has 0 radical (unpaired) electrons. The van der Waals surface area contributed by atoms with Gasteiger partial charge in [0, 0.05) is 31.7 Å². The number of amides is 1. The summed E-state index contributed by atoms with van der Waals surface area (Å²) >= 11 is 12.0. The Morgan fingerprint density at radius 2 is 1.66 bits per heavy atom. The number of ether oxygens (including phenoxy) is 1. The van der Waals surface area contributed by atoms with E-state index in [9.17, 15) is 13.2 Å². The number of carbonyl (C=O) groups excluding carboxylic acids is 1. The molecule has 0 spiro atoms. The number of anilines is 2. The summed E-state index contributed by atoms with van der Waals surface area (Å²) in [5.41, 5.74) is 2.75. The number of rotatable bonds is 7. The van der Waals surface area contributed by atoms with E-state index in [2.05, 4.69) is 10.6 Å². The molecular formula is C27H29ClN4O4S2. The van der Waals surface area contributed by atoms with Gasteiger partial charge in [-0.2, -0.15) is 4.31 Å². The van der Waals surface area contributed by atoms with E-state index in [0.717, 1.165) is 5.56 Å². The minimum atomic E-state index is -3.59. The molecule has 0 unspecified atom stereocenters. The number of aryl methyl sites for hydroxylation is 1. The lowest BCUT2D eigenvalue weighted by atomic mass is 10.2. The van der Waals surface area contributed by atoms with Gasteiger partial charge in [-0.05, 0) is 74.6 Å². The Balaban J connectivity index is 1.42. The zero-order valence-electron chi connectivity index (χ0n) is 21.1. The fourth-order valence-electron chi connectivity index (χ4n) is 4.15. The van der Waals surface area contributed by atoms with Crippen molar-refractivity contribution in [2.45, 2.75) is 18.7 Å². The van der Waals surface area contributed by atoms with Gasteiger partial charge in [0.1, 0.15) is 5.75 Å². The quantitative estimate of drug-likeness (QED) is 0.397. The second kappa shape index (κ2) is 12.1. The van der Waals surface area contributed by atoms with Gasteiger partial charge in [0.2, 0.25) is 10.0 Å². The Morgan fingerprint density at radius 3 is 2.29 bits per heavy atom. The standard InChI is InChI=1S/C27H29ClN4O4S2/c1-3-36-21-11-9-20(10-12-21)26(33)30-27(37)29-24-6-4-5-23(28)25(24)31-15-17-32(18-16-31)38(34,35)22-13-7-19(2)8-14-22/h4-14H,3,15-18H2,1-2H3,(H2,29,30,33,37). The molecule has 0 saturated carbocycles. The van der Waals surface area contributed by atoms with Gasteiger partial charge in [0.25, 0.3) is 5.91 Å². The van der Waals surface area contributed by atoms with Crippen molar-refractivity contribution < 1.29 is 17.9 Å². The van der Waals surface area contributed by atoms with Gasteiger partial charge in [-0.1, -0.05) is 35.4 Å². The van der Waals surface area contributed by atoms with Crippen molar-refractivity contribution in [3.05, 3.63) is 82.9 Å². The van der Waals surface area contributed by atoms with Crippen LogP contribution in [0.5, 0.6) is 5.75 Å². The summed E-state index contributed by atoms with van der Waals surface area (Å²) in [6, 6.07) is 19.0. The minimum Gasteiger partial charge on any atom is -0.494 e. The lowest BCUT2D eigenvalue weighted by Gasteiger charge is -2.36. The molecule has 200 valence electrons. The van der Waals surface area contributed by atoms with E-state index in [0.29, 0.717) is 60.5 Å². The summed E-state index contributed by atoms with van der Waals surface area (Å²) in [5, 5.41) is 6.37. The second-order valence-corrected chi connectivity index (χ2v) is 11.5. The van der Waals surface area contributed by atoms with Crippen molar-refractivity contribution >= 4 is 56.2 Å². The Morgan fingerprint density at radius 1 is 1.00 bits per heavy atom. The molecule has 1 saturated heterocycles. The van der Waals surface area contributed by atoms with Crippen LogP contribution >= 0.6 is 23.8 Å². The molecule has 4 rings (SSSR count). The van der Waals surface area contributed by atoms with E-state index >= 15 is 0 Å². The van der Waals surface area contributed by atoms with Crippen molar-refractivity contribution in [1.29, 1.82) is 0 Å². The maximum Gasteiger partial charge on any atom is 0.257 e. The second-order valence-electron chi connectivity index (χ2n) is 8.71. The molecule has 3 aromatic carbocycles. The molecule has 1 aliphatic heterocycles. The normalized spacial score (nSPS) is 14.1. The highest BCUT2D eigenvalue weighted by molar-refractivity contribution is 7.89. The van der Waals surface area contributed by atoms with Crippen LogP contribution in [0.2, 0.25) is 5.02 Å². The summed E-state index contributed by atoms with van der Waals surface area (Å²) in [6.45, 7) is 5.84. The number of piperazine rings is 1. The molecule has 0 aromatic heterocycles. The average molecular weight is 573 g/mol. The van der Waals surface area contributed by atoms with E-state index in [4.69, 9.17) is 28.6 Å². The number of nitrogens with one attached hydrogen (secondary N) is 2. The molecule has 3 aromatic rings. The van der Waals surface area contributed by atoms with Crippen LogP contribution in [0.15, 0.2) is 71.6 Å². The third-order valence-corrected chi connectivity index (χ3v) is 8.53. The number of halogens is 1. The summed E-state index contributed by atoms with van der Waals surface area (Å²) in [7, 11) is -3.59. The Hall–Kier alpha value is -3.18. The summed E-state index contributed by atoms with van der Waals surface area (Å²) in [5.74, 6) is 0.323. The molecule has 1 aliphatic rings. The maximum atomic E-state index is 13.1. The Labute approximate surface area is 233 Å². The van der Waals surface area contributed by atoms with Gasteiger partial charge in [-0.3, -0.25) is 10.1 Å². The third kappa shape index (κ3) is 6.44. The van der Waals surface area contributed by atoms with E-state index in [-0.39, 0.29) is 15.9 Å². The highest BCUT2D eigenvalue weighted by atomic mass is 35.5. The molecule has 1 fully saturated rings. The highest BCUT2D eigenvalue weighted by Crippen LogP contribution is 2.35. The fraction of sp³-hybridized carbons (Fsp3) is 0.259. The van der Waals surface area contributed by atoms with Gasteiger partial charge in [-0.15, -0.1) is 0 Å². The molecule has 8 nitrogen and oxygen atoms in total. The molecule has 2 N–H and O–H groups in total. The van der Waals surface area contributed by atoms with Gasteiger partial charge < -0.3 is 15.0 Å². The van der Waals surface area contributed by atoms with Crippen LogP contribution in [-0.4, -0.2) is 56.5 Å². The molecule has 0 aliphatic carbocycles. The van der Waals surface area contributed by atoms with E-state index in [1.54, 1.807) is 60.7 Å². The first-order valence-electron chi connectivity index (χ1n) is 12.1. The molecule has 1 heterocycles. The maximum absolute atomic E-state index is 13.1. The monoisotopic (exact) mass is 572 g/mol. The fourth-order valence-corrected chi connectivity index (χ4v) is 6.07. The lowest BCUT2D eigenvalue weighted by molar-refractivity contribution is 0.0977. The highest BCUT2D eigenvalue weighted by Gasteiger charge is 2.30. The largest absolute Gasteiger partial charge is 0.494 e. The van der Waals surface area contributed by atoms with Crippen molar-refractivity contribution in [3.63, 3.8) is 0 Å². The van der Waals surface area contributed by atoms with Crippen LogP contribution in [0.25, 0.3) is 0 Å². The van der Waals surface area contributed by atoms with Crippen molar-refractivity contribution in [2.24, 2.45) is 0 Å². The molecular weight excluding hydrogens is 544 g/mol. The summed E-state index contributed by atoms with van der Waals surface area (Å²) in [6.07, 6.45) is 0. The number of benzene rings is 3. The number of nitrogens with zero attached hydrogens (tertiary/aromatic N) is 2. The zero-order chi connectivity index (χ0) is 27.3. The first-order valence-corrected chi connectivity index (χ1v) is 14.4. The van der Waals surface area contributed by atoms with Crippen molar-refractivity contribution in [2.75, 3.05) is 43.0 Å². The van der Waals surface area contributed by atoms with Crippen LogP contribution in [0.4, 0.5) is 11.4 Å². The third-order valence-electron chi connectivity index (χ3n) is 6.10. The minimum absolute atomic E-state index is 0.119. The Kier molecular flexibility index (Phi) is 8.88. The molecule has 38 heavy (non-hydrogen) atoms. The van der Waals surface area contributed by atoms with Crippen LogP contribution in [0.1, 0.15) is 22.8 Å². The van der Waals surface area contributed by atoms with E-state index in [1.165, 1.54) is 4.31 Å². The molecule has 0 bridgehead atoms. The van der Waals surface area contributed by atoms with Gasteiger partial charge >= 0.3 is 0 Å². The summed E-state index contributed by atoms with van der Waals surface area (Å²) in [4.78, 5) is 15.0. The average Bonchev–Trinajstić information content (AvgIpc) is 2.90. The van der Waals surface area contributed by atoms with Gasteiger partial charge in [0.05, 0.1) is 27.9 Å². The predicted molar refractivity (Wildman–Crippen MR) is 155 cm³/mol. The first-order chi connectivity index (χ1) is 18.2. The van der Waals surface area contributed by atoms with Gasteiger partial charge in [-0.25, -0.2) is 8.42 Å². The van der Waals surface area contributed by atoms with E-state index < -0.39 is 10.0 Å². The molecule has 0 atom stereocenters. The number of hydrogen-bond donors (Lipinski definition) is 2. The summed E-state index contributed by atoms with van der Waals surface area (Å²) < 4.78 is 33.1. The Bertz CT molecular complexity index is 1410. The lowest BCUT2D eigenvalue weighted by Crippen LogP contribution is -2.49. The van der Waals surface area contributed by atoms with Crippen LogP contribution in [0.3, 0.4) is 0 Å². The smallest absolute Gasteiger partial charge is 0.257 e. The van der Waals surface area contributed by atoms with Crippen molar-refractivity contribution in [1.82, 2.24) is 9.62 Å².